The molecule has 0 saturated carbocycles. The van der Waals surface area contributed by atoms with E-state index in [-0.39, 0.29) is 12.2 Å². The summed E-state index contributed by atoms with van der Waals surface area (Å²) in [7, 11) is 0. The number of piperazine rings is 1. The van der Waals surface area contributed by atoms with E-state index in [1.165, 1.54) is 10.9 Å². The number of alkyl halides is 3. The molecule has 0 aromatic carbocycles. The Labute approximate surface area is 196 Å². The van der Waals surface area contributed by atoms with Gasteiger partial charge in [0.1, 0.15) is 17.0 Å². The molecule has 0 spiro atoms. The summed E-state index contributed by atoms with van der Waals surface area (Å²) in [4.78, 5) is 37.2. The van der Waals surface area contributed by atoms with E-state index >= 15 is 0 Å². The lowest BCUT2D eigenvalue weighted by atomic mass is 10.3. The highest BCUT2D eigenvalue weighted by Crippen LogP contribution is 2.25. The standard InChI is InChI=1S/C18H18ClN7O.C2HF3O2/c1-2-3-8-25-15-16(24-9-6-20-7-10-24)22-12-23-17(15)26(18(25)27)13-4-5-21-14(19)11-13;3-2(4,5)1(6)7/h4-5,11-12,20H,6-10H2,1H3;(H,6,7). The lowest BCUT2D eigenvalue weighted by Crippen LogP contribution is -2.44. The van der Waals surface area contributed by atoms with Crippen molar-refractivity contribution in [2.75, 3.05) is 31.1 Å². The van der Waals surface area contributed by atoms with Crippen LogP contribution in [0.3, 0.4) is 0 Å². The van der Waals surface area contributed by atoms with Gasteiger partial charge < -0.3 is 15.3 Å². The van der Waals surface area contributed by atoms with Gasteiger partial charge in [0.15, 0.2) is 11.5 Å². The molecule has 180 valence electrons. The molecule has 1 aliphatic rings. The zero-order chi connectivity index (χ0) is 24.9. The summed E-state index contributed by atoms with van der Waals surface area (Å²) in [5, 5.41) is 10.8. The molecule has 0 radical (unpaired) electrons. The Balaban J connectivity index is 0.000000406. The first kappa shape index (κ1) is 25.0. The van der Waals surface area contributed by atoms with E-state index in [0.717, 1.165) is 32.0 Å². The first-order valence-corrected chi connectivity index (χ1v) is 10.3. The number of halogens is 4. The minimum absolute atomic E-state index is 0.230. The van der Waals surface area contributed by atoms with Crippen molar-refractivity contribution in [2.45, 2.75) is 19.6 Å². The lowest BCUT2D eigenvalue weighted by Gasteiger charge is -2.28. The number of fused-ring (bicyclic) bond motifs is 1. The molecular formula is C20H19ClF3N7O3. The fourth-order valence-electron chi connectivity index (χ4n) is 3.25. The minimum Gasteiger partial charge on any atom is -0.475 e. The van der Waals surface area contributed by atoms with Gasteiger partial charge in [0.05, 0.1) is 12.2 Å². The summed E-state index contributed by atoms with van der Waals surface area (Å²) in [5.74, 6) is 3.82. The summed E-state index contributed by atoms with van der Waals surface area (Å²) >= 11 is 6.04. The number of carboxylic acid groups (broad SMARTS) is 1. The van der Waals surface area contributed by atoms with Crippen LogP contribution in [0.15, 0.2) is 29.5 Å². The van der Waals surface area contributed by atoms with Crippen LogP contribution in [0.5, 0.6) is 0 Å². The highest BCUT2D eigenvalue weighted by atomic mass is 35.5. The number of pyridine rings is 1. The Morgan fingerprint density at radius 3 is 2.53 bits per heavy atom. The van der Waals surface area contributed by atoms with Crippen LogP contribution in [0, 0.1) is 11.8 Å². The number of hydrogen-bond donors (Lipinski definition) is 2. The van der Waals surface area contributed by atoms with Crippen LogP contribution in [0.4, 0.5) is 19.0 Å². The van der Waals surface area contributed by atoms with Gasteiger partial charge in [-0.1, -0.05) is 17.5 Å². The third-order valence-corrected chi connectivity index (χ3v) is 4.94. The van der Waals surface area contributed by atoms with E-state index in [2.05, 4.69) is 37.0 Å². The van der Waals surface area contributed by atoms with Gasteiger partial charge in [-0.05, 0) is 19.1 Å². The average molecular weight is 498 g/mol. The third-order valence-electron chi connectivity index (χ3n) is 4.73. The topological polar surface area (TPSA) is 118 Å². The molecule has 3 aromatic rings. The van der Waals surface area contributed by atoms with Crippen molar-refractivity contribution in [1.82, 2.24) is 29.4 Å². The molecule has 2 N–H and O–H groups in total. The smallest absolute Gasteiger partial charge is 0.475 e. The SMILES string of the molecule is CC#CCn1c(=O)n(-c2ccnc(Cl)c2)c2ncnc(N3CCNCC3)c21.O=C(O)C(F)(F)F. The average Bonchev–Trinajstić information content (AvgIpc) is 3.09. The molecule has 1 fully saturated rings. The van der Waals surface area contributed by atoms with Crippen LogP contribution in [-0.2, 0) is 11.3 Å². The van der Waals surface area contributed by atoms with Crippen molar-refractivity contribution in [3.8, 4) is 17.5 Å². The summed E-state index contributed by atoms with van der Waals surface area (Å²) in [6.07, 6.45) is -2.02. The zero-order valence-corrected chi connectivity index (χ0v) is 18.6. The molecule has 10 nitrogen and oxygen atoms in total. The number of carboxylic acids is 1. The van der Waals surface area contributed by atoms with E-state index in [4.69, 9.17) is 21.5 Å². The summed E-state index contributed by atoms with van der Waals surface area (Å²) in [5.41, 5.74) is 1.59. The van der Waals surface area contributed by atoms with Crippen LogP contribution < -0.4 is 15.9 Å². The highest BCUT2D eigenvalue weighted by molar-refractivity contribution is 6.29. The summed E-state index contributed by atoms with van der Waals surface area (Å²) < 4.78 is 34.9. The van der Waals surface area contributed by atoms with E-state index in [1.54, 1.807) is 29.8 Å². The van der Waals surface area contributed by atoms with Gasteiger partial charge in [-0.25, -0.2) is 29.1 Å². The van der Waals surface area contributed by atoms with E-state index in [1.807, 2.05) is 0 Å². The van der Waals surface area contributed by atoms with Gasteiger partial charge in [0.25, 0.3) is 0 Å². The number of imidazole rings is 1. The molecule has 4 heterocycles. The van der Waals surface area contributed by atoms with E-state index < -0.39 is 12.1 Å². The van der Waals surface area contributed by atoms with Gasteiger partial charge in [-0.3, -0.25) is 4.57 Å². The maximum absolute atomic E-state index is 13.2. The largest absolute Gasteiger partial charge is 0.490 e. The fourth-order valence-corrected chi connectivity index (χ4v) is 3.42. The molecule has 1 saturated heterocycles. The fraction of sp³-hybridized carbons (Fsp3) is 0.350. The van der Waals surface area contributed by atoms with Crippen molar-refractivity contribution in [2.24, 2.45) is 0 Å². The highest BCUT2D eigenvalue weighted by Gasteiger charge is 2.38. The number of aromatic nitrogens is 5. The minimum atomic E-state index is -5.08. The van der Waals surface area contributed by atoms with Crippen LogP contribution in [0.2, 0.25) is 5.15 Å². The number of hydrogen-bond acceptors (Lipinski definition) is 7. The maximum Gasteiger partial charge on any atom is 0.490 e. The first-order valence-electron chi connectivity index (χ1n) is 9.88. The van der Waals surface area contributed by atoms with Gasteiger partial charge in [-0.15, -0.1) is 5.92 Å². The quantitative estimate of drug-likeness (QED) is 0.415. The second kappa shape index (κ2) is 10.5. The molecular weight excluding hydrogens is 479 g/mol. The molecule has 0 unspecified atom stereocenters. The van der Waals surface area contributed by atoms with Crippen molar-refractivity contribution in [3.63, 3.8) is 0 Å². The predicted molar refractivity (Wildman–Crippen MR) is 118 cm³/mol. The second-order valence-electron chi connectivity index (χ2n) is 6.88. The molecule has 4 rings (SSSR count). The Hall–Kier alpha value is -3.63. The zero-order valence-electron chi connectivity index (χ0n) is 17.8. The number of nitrogens with one attached hydrogen (secondary N) is 1. The first-order chi connectivity index (χ1) is 16.1. The normalized spacial score (nSPS) is 13.6. The van der Waals surface area contributed by atoms with Gasteiger partial charge in [-0.2, -0.15) is 13.2 Å². The molecule has 3 aromatic heterocycles. The van der Waals surface area contributed by atoms with Gasteiger partial charge >= 0.3 is 17.8 Å². The Kier molecular flexibility index (Phi) is 7.75. The number of anilines is 1. The Morgan fingerprint density at radius 1 is 1.26 bits per heavy atom. The summed E-state index contributed by atoms with van der Waals surface area (Å²) in [6, 6.07) is 3.37. The molecule has 14 heteroatoms. The van der Waals surface area contributed by atoms with Crippen molar-refractivity contribution >= 4 is 34.6 Å². The van der Waals surface area contributed by atoms with Crippen LogP contribution in [0.1, 0.15) is 6.92 Å². The third kappa shape index (κ3) is 5.46. The Morgan fingerprint density at radius 2 is 1.94 bits per heavy atom. The predicted octanol–water partition coefficient (Wildman–Crippen LogP) is 1.70. The van der Waals surface area contributed by atoms with Crippen molar-refractivity contribution < 1.29 is 23.1 Å². The molecule has 1 aliphatic heterocycles. The Bertz CT molecular complexity index is 1300. The summed E-state index contributed by atoms with van der Waals surface area (Å²) in [6.45, 7) is 5.37. The number of rotatable bonds is 3. The molecule has 0 aliphatic carbocycles. The van der Waals surface area contributed by atoms with Crippen LogP contribution in [0.25, 0.3) is 16.9 Å². The van der Waals surface area contributed by atoms with Gasteiger partial charge in [0.2, 0.25) is 0 Å². The number of carbonyl (C=O) groups is 1. The maximum atomic E-state index is 13.2. The van der Waals surface area contributed by atoms with Crippen molar-refractivity contribution in [1.29, 1.82) is 0 Å². The number of nitrogens with zero attached hydrogens (tertiary/aromatic N) is 6. The number of aliphatic carboxylic acids is 1. The van der Waals surface area contributed by atoms with E-state index in [9.17, 15) is 18.0 Å². The molecule has 34 heavy (non-hydrogen) atoms. The molecule has 0 atom stereocenters. The monoisotopic (exact) mass is 497 g/mol. The second-order valence-corrected chi connectivity index (χ2v) is 7.26. The van der Waals surface area contributed by atoms with Crippen LogP contribution in [-0.4, -0.2) is 67.5 Å². The van der Waals surface area contributed by atoms with Crippen LogP contribution >= 0.6 is 11.6 Å². The molecule has 0 bridgehead atoms. The van der Waals surface area contributed by atoms with Gasteiger partial charge in [0, 0.05) is 32.4 Å². The molecule has 0 amide bonds. The van der Waals surface area contributed by atoms with E-state index in [0.29, 0.717) is 22.0 Å². The lowest BCUT2D eigenvalue weighted by molar-refractivity contribution is -0.192. The van der Waals surface area contributed by atoms with Crippen molar-refractivity contribution in [3.05, 3.63) is 40.3 Å².